The van der Waals surface area contributed by atoms with E-state index in [4.69, 9.17) is 9.47 Å². The minimum absolute atomic E-state index is 0.277. The van der Waals surface area contributed by atoms with Gasteiger partial charge in [0.15, 0.2) is 0 Å². The van der Waals surface area contributed by atoms with Crippen LogP contribution in [0.1, 0.15) is 50.7 Å². The van der Waals surface area contributed by atoms with Gasteiger partial charge in [-0.1, -0.05) is 66.2 Å². The lowest BCUT2D eigenvalue weighted by Gasteiger charge is -2.49. The van der Waals surface area contributed by atoms with Gasteiger partial charge in [0.05, 0.1) is 6.61 Å². The van der Waals surface area contributed by atoms with Crippen LogP contribution < -0.4 is 9.47 Å². The molecule has 1 unspecified atom stereocenters. The van der Waals surface area contributed by atoms with Crippen molar-refractivity contribution in [1.29, 1.82) is 0 Å². The van der Waals surface area contributed by atoms with Crippen LogP contribution in [0.2, 0.25) is 0 Å². The Morgan fingerprint density at radius 2 is 1.79 bits per heavy atom. The van der Waals surface area contributed by atoms with Crippen molar-refractivity contribution in [2.75, 3.05) is 6.61 Å². The van der Waals surface area contributed by atoms with Crippen LogP contribution in [0, 0.1) is 5.92 Å². The Bertz CT molecular complexity index is 1090. The zero-order chi connectivity index (χ0) is 20.0. The molecule has 3 aromatic rings. The van der Waals surface area contributed by atoms with E-state index < -0.39 is 0 Å². The zero-order valence-electron chi connectivity index (χ0n) is 17.4. The lowest BCUT2D eigenvalue weighted by Crippen LogP contribution is -2.51. The summed E-state index contributed by atoms with van der Waals surface area (Å²) in [6.45, 7) is 7.30. The molecule has 0 saturated carbocycles. The predicted octanol–water partition coefficient (Wildman–Crippen LogP) is 6.88. The molecule has 148 valence electrons. The van der Waals surface area contributed by atoms with Crippen LogP contribution in [0.4, 0.5) is 0 Å². The molecular formula is C27H28O2. The van der Waals surface area contributed by atoms with E-state index in [2.05, 4.69) is 87.5 Å². The number of hydrogen-bond donors (Lipinski definition) is 0. The van der Waals surface area contributed by atoms with Gasteiger partial charge in [-0.3, -0.25) is 0 Å². The summed E-state index contributed by atoms with van der Waals surface area (Å²) in [7, 11) is 0. The normalized spacial score (nSPS) is 24.5. The summed E-state index contributed by atoms with van der Waals surface area (Å²) >= 11 is 0. The first kappa shape index (κ1) is 18.3. The van der Waals surface area contributed by atoms with Crippen LogP contribution in [0.3, 0.4) is 0 Å². The van der Waals surface area contributed by atoms with E-state index in [0.717, 1.165) is 24.3 Å². The van der Waals surface area contributed by atoms with Crippen LogP contribution in [0.15, 0.2) is 72.3 Å². The topological polar surface area (TPSA) is 18.5 Å². The highest BCUT2D eigenvalue weighted by atomic mass is 16.5. The van der Waals surface area contributed by atoms with Crippen LogP contribution in [0.25, 0.3) is 10.8 Å². The highest BCUT2D eigenvalue weighted by Crippen LogP contribution is 2.55. The number of para-hydroxylation sites is 1. The molecule has 0 N–H and O–H groups in total. The Hall–Kier alpha value is -2.74. The van der Waals surface area contributed by atoms with Gasteiger partial charge in [-0.05, 0) is 45.1 Å². The second kappa shape index (κ2) is 6.95. The molecule has 29 heavy (non-hydrogen) atoms. The van der Waals surface area contributed by atoms with E-state index in [1.165, 1.54) is 27.5 Å². The maximum absolute atomic E-state index is 6.89. The number of hydrogen-bond acceptors (Lipinski definition) is 2. The number of benzene rings is 3. The quantitative estimate of drug-likeness (QED) is 0.458. The van der Waals surface area contributed by atoms with Gasteiger partial charge >= 0.3 is 0 Å². The summed E-state index contributed by atoms with van der Waals surface area (Å²) in [5.41, 5.74) is 3.67. The molecule has 2 heteroatoms. The summed E-state index contributed by atoms with van der Waals surface area (Å²) in [5.74, 6) is 2.66. The molecule has 0 bridgehead atoms. The summed E-state index contributed by atoms with van der Waals surface area (Å²) in [6, 6.07) is 21.6. The van der Waals surface area contributed by atoms with Crippen molar-refractivity contribution in [3.8, 4) is 11.5 Å². The Labute approximate surface area is 173 Å². The van der Waals surface area contributed by atoms with Gasteiger partial charge < -0.3 is 9.47 Å². The molecule has 0 spiro atoms. The van der Waals surface area contributed by atoms with Crippen molar-refractivity contribution in [2.45, 2.75) is 45.1 Å². The Morgan fingerprint density at radius 1 is 1.00 bits per heavy atom. The van der Waals surface area contributed by atoms with Crippen LogP contribution in [-0.4, -0.2) is 12.2 Å². The van der Waals surface area contributed by atoms with Gasteiger partial charge in [-0.15, -0.1) is 0 Å². The van der Waals surface area contributed by atoms with Crippen LogP contribution >= 0.6 is 0 Å². The molecule has 2 aliphatic rings. The van der Waals surface area contributed by atoms with Crippen LogP contribution in [0.5, 0.6) is 11.5 Å². The lowest BCUT2D eigenvalue weighted by atomic mass is 9.67. The first-order chi connectivity index (χ1) is 14.1. The molecule has 2 aliphatic heterocycles. The highest BCUT2D eigenvalue weighted by molar-refractivity contribution is 5.90. The third-order valence-electron chi connectivity index (χ3n) is 6.63. The van der Waals surface area contributed by atoms with Crippen molar-refractivity contribution in [1.82, 2.24) is 0 Å². The van der Waals surface area contributed by atoms with E-state index in [1.807, 2.05) is 0 Å². The fourth-order valence-electron chi connectivity index (χ4n) is 5.09. The number of allylic oxidation sites excluding steroid dienone is 2. The fraction of sp³-hybridized carbons (Fsp3) is 0.333. The molecule has 0 aromatic heterocycles. The van der Waals surface area contributed by atoms with Crippen molar-refractivity contribution >= 4 is 10.8 Å². The van der Waals surface area contributed by atoms with Crippen molar-refractivity contribution in [3.05, 3.63) is 83.4 Å². The predicted molar refractivity (Wildman–Crippen MR) is 119 cm³/mol. The molecule has 0 radical (unpaired) electrons. The first-order valence-corrected chi connectivity index (χ1v) is 10.6. The molecule has 3 aromatic carbocycles. The third kappa shape index (κ3) is 3.02. The number of rotatable bonds is 3. The minimum Gasteiger partial charge on any atom is -0.493 e. The monoisotopic (exact) mass is 384 g/mol. The largest absolute Gasteiger partial charge is 0.493 e. The average molecular weight is 385 g/mol. The molecule has 0 aliphatic carbocycles. The van der Waals surface area contributed by atoms with Crippen molar-refractivity contribution in [2.24, 2.45) is 5.92 Å². The molecule has 2 heterocycles. The van der Waals surface area contributed by atoms with Gasteiger partial charge in [-0.2, -0.15) is 0 Å². The Kier molecular flexibility index (Phi) is 4.38. The first-order valence-electron chi connectivity index (χ1n) is 10.6. The summed E-state index contributed by atoms with van der Waals surface area (Å²) in [4.78, 5) is 0. The number of fused-ring (bicyclic) bond motifs is 7. The molecule has 0 fully saturated rings. The maximum atomic E-state index is 6.89. The van der Waals surface area contributed by atoms with E-state index in [9.17, 15) is 0 Å². The van der Waals surface area contributed by atoms with E-state index >= 15 is 0 Å². The van der Waals surface area contributed by atoms with Gasteiger partial charge in [0.1, 0.15) is 17.1 Å². The highest BCUT2D eigenvalue weighted by Gasteiger charge is 2.50. The smallest absolute Gasteiger partial charge is 0.131 e. The zero-order valence-corrected chi connectivity index (χ0v) is 17.4. The second-order valence-corrected chi connectivity index (χ2v) is 8.87. The van der Waals surface area contributed by atoms with Crippen molar-refractivity contribution < 1.29 is 9.47 Å². The van der Waals surface area contributed by atoms with Gasteiger partial charge in [0.2, 0.25) is 0 Å². The minimum atomic E-state index is -0.277. The van der Waals surface area contributed by atoms with Gasteiger partial charge in [0.25, 0.3) is 0 Å². The molecule has 3 atom stereocenters. The van der Waals surface area contributed by atoms with Crippen molar-refractivity contribution in [3.63, 3.8) is 0 Å². The average Bonchev–Trinajstić information content (AvgIpc) is 2.73. The number of ether oxygens (including phenoxy) is 2. The summed E-state index contributed by atoms with van der Waals surface area (Å²) in [6.07, 6.45) is 4.32. The second-order valence-electron chi connectivity index (χ2n) is 8.87. The molecule has 2 nitrogen and oxygen atoms in total. The van der Waals surface area contributed by atoms with Gasteiger partial charge in [0, 0.05) is 28.3 Å². The third-order valence-corrected chi connectivity index (χ3v) is 6.63. The molecule has 0 amide bonds. The van der Waals surface area contributed by atoms with E-state index in [-0.39, 0.29) is 11.5 Å². The Balaban J connectivity index is 1.69. The Morgan fingerprint density at radius 3 is 2.66 bits per heavy atom. The molecular weight excluding hydrogens is 356 g/mol. The molecule has 0 saturated heterocycles. The maximum Gasteiger partial charge on any atom is 0.131 e. The molecule has 5 rings (SSSR count). The van der Waals surface area contributed by atoms with E-state index in [0.29, 0.717) is 12.5 Å². The SMILES string of the molecule is CC(C)=CCCC1(C)Oc2c(ccc3ccccc23)[C@@H]2c3ccccc3OC[C@@H]21. The van der Waals surface area contributed by atoms with Crippen LogP contribution in [-0.2, 0) is 0 Å². The fourth-order valence-corrected chi connectivity index (χ4v) is 5.09. The summed E-state index contributed by atoms with van der Waals surface area (Å²) < 4.78 is 13.1. The van der Waals surface area contributed by atoms with E-state index in [1.54, 1.807) is 0 Å². The summed E-state index contributed by atoms with van der Waals surface area (Å²) in [5, 5.41) is 2.44. The van der Waals surface area contributed by atoms with Gasteiger partial charge in [-0.25, -0.2) is 0 Å². The lowest BCUT2D eigenvalue weighted by molar-refractivity contribution is -0.0320. The standard InChI is InChI=1S/C27H28O2/c1-18(2)9-8-16-27(3)23-17-28-24-13-7-6-12-21(24)25(23)22-15-14-19-10-4-5-11-20(19)26(22)29-27/h4-7,9-15,23,25H,8,16-17H2,1-3H3/t23-,25-,27?/m0/s1.